The van der Waals surface area contributed by atoms with Crippen molar-refractivity contribution < 1.29 is 4.79 Å². The molecule has 2 N–H and O–H groups in total. The van der Waals surface area contributed by atoms with Gasteiger partial charge in [-0.3, -0.25) is 4.79 Å². The SMILES string of the molecule is Cc1ccc(-c2csc(SCC(=O)NCCc3c[nH]c4ccccc34)n2)cc1. The minimum Gasteiger partial charge on any atom is -0.361 e. The van der Waals surface area contributed by atoms with Gasteiger partial charge in [-0.25, -0.2) is 4.98 Å². The van der Waals surface area contributed by atoms with Crippen molar-refractivity contribution in [1.82, 2.24) is 15.3 Å². The maximum atomic E-state index is 12.2. The van der Waals surface area contributed by atoms with Crippen LogP contribution < -0.4 is 5.32 Å². The average Bonchev–Trinajstić information content (AvgIpc) is 3.35. The quantitative estimate of drug-likeness (QED) is 0.422. The van der Waals surface area contributed by atoms with Crippen molar-refractivity contribution in [2.24, 2.45) is 0 Å². The van der Waals surface area contributed by atoms with Gasteiger partial charge in [0.1, 0.15) is 0 Å². The lowest BCUT2D eigenvalue weighted by molar-refractivity contribution is -0.118. The molecule has 142 valence electrons. The number of thioether (sulfide) groups is 1. The van der Waals surface area contributed by atoms with E-state index in [1.165, 1.54) is 28.3 Å². The van der Waals surface area contributed by atoms with Crippen molar-refractivity contribution in [3.05, 3.63) is 71.2 Å². The number of amides is 1. The fraction of sp³-hybridized carbons (Fsp3) is 0.182. The number of H-pyrrole nitrogens is 1. The highest BCUT2D eigenvalue weighted by molar-refractivity contribution is 8.01. The molecule has 28 heavy (non-hydrogen) atoms. The van der Waals surface area contributed by atoms with Gasteiger partial charge < -0.3 is 10.3 Å². The van der Waals surface area contributed by atoms with Crippen molar-refractivity contribution in [2.45, 2.75) is 17.7 Å². The Hall–Kier alpha value is -2.57. The lowest BCUT2D eigenvalue weighted by Gasteiger charge is -2.04. The smallest absolute Gasteiger partial charge is 0.230 e. The van der Waals surface area contributed by atoms with Crippen LogP contribution in [0.4, 0.5) is 0 Å². The zero-order valence-electron chi connectivity index (χ0n) is 15.6. The van der Waals surface area contributed by atoms with Crippen molar-refractivity contribution in [3.63, 3.8) is 0 Å². The molecule has 2 heterocycles. The molecule has 2 aromatic heterocycles. The van der Waals surface area contributed by atoms with E-state index in [-0.39, 0.29) is 5.91 Å². The molecule has 1 amide bonds. The summed E-state index contributed by atoms with van der Waals surface area (Å²) in [5, 5.41) is 6.27. The Morgan fingerprint density at radius 3 is 2.86 bits per heavy atom. The molecule has 4 nitrogen and oxygen atoms in total. The molecular weight excluding hydrogens is 386 g/mol. The van der Waals surface area contributed by atoms with Gasteiger partial charge in [0, 0.05) is 34.6 Å². The molecule has 0 saturated carbocycles. The number of carbonyl (C=O) groups excluding carboxylic acids is 1. The second-order valence-corrected chi connectivity index (χ2v) is 8.69. The van der Waals surface area contributed by atoms with Gasteiger partial charge in [0.15, 0.2) is 4.34 Å². The van der Waals surface area contributed by atoms with E-state index in [2.05, 4.69) is 58.6 Å². The maximum absolute atomic E-state index is 12.2. The largest absolute Gasteiger partial charge is 0.361 e. The Bertz CT molecular complexity index is 1080. The summed E-state index contributed by atoms with van der Waals surface area (Å²) in [6.45, 7) is 2.71. The molecule has 0 bridgehead atoms. The number of aromatic nitrogens is 2. The van der Waals surface area contributed by atoms with E-state index in [1.807, 2.05) is 23.7 Å². The van der Waals surface area contributed by atoms with Gasteiger partial charge in [-0.1, -0.05) is 59.8 Å². The normalized spacial score (nSPS) is 11.0. The minimum atomic E-state index is 0.0388. The third-order valence-electron chi connectivity index (χ3n) is 4.55. The zero-order chi connectivity index (χ0) is 19.3. The molecule has 6 heteroatoms. The average molecular weight is 408 g/mol. The van der Waals surface area contributed by atoms with E-state index >= 15 is 0 Å². The first-order valence-corrected chi connectivity index (χ1v) is 11.0. The van der Waals surface area contributed by atoms with Crippen LogP contribution in [0.3, 0.4) is 0 Å². The maximum Gasteiger partial charge on any atom is 0.230 e. The molecule has 0 radical (unpaired) electrons. The third-order valence-corrected chi connectivity index (χ3v) is 6.57. The summed E-state index contributed by atoms with van der Waals surface area (Å²) >= 11 is 3.07. The molecule has 0 fully saturated rings. The van der Waals surface area contributed by atoms with E-state index in [9.17, 15) is 4.79 Å². The number of nitrogens with one attached hydrogen (secondary N) is 2. The van der Waals surface area contributed by atoms with Crippen LogP contribution in [0.15, 0.2) is 64.4 Å². The second kappa shape index (κ2) is 8.63. The van der Waals surface area contributed by atoms with Crippen molar-refractivity contribution in [1.29, 1.82) is 0 Å². The van der Waals surface area contributed by atoms with E-state index in [4.69, 9.17) is 0 Å². The van der Waals surface area contributed by atoms with Crippen molar-refractivity contribution in [3.8, 4) is 11.3 Å². The number of carbonyl (C=O) groups is 1. The summed E-state index contributed by atoms with van der Waals surface area (Å²) in [5.74, 6) is 0.422. The number of rotatable bonds is 7. The summed E-state index contributed by atoms with van der Waals surface area (Å²) in [6, 6.07) is 16.6. The van der Waals surface area contributed by atoms with Crippen LogP contribution in [0, 0.1) is 6.92 Å². The van der Waals surface area contributed by atoms with Gasteiger partial charge in [0.05, 0.1) is 11.4 Å². The van der Waals surface area contributed by atoms with Crippen LogP contribution in [0.2, 0.25) is 0 Å². The second-order valence-electron chi connectivity index (χ2n) is 6.61. The number of para-hydroxylation sites is 1. The van der Waals surface area contributed by atoms with Crippen LogP contribution in [0.25, 0.3) is 22.2 Å². The topological polar surface area (TPSA) is 57.8 Å². The van der Waals surface area contributed by atoms with Crippen LogP contribution in [0.5, 0.6) is 0 Å². The first-order chi connectivity index (χ1) is 13.7. The molecule has 0 unspecified atom stereocenters. The predicted molar refractivity (Wildman–Crippen MR) is 118 cm³/mol. The number of benzene rings is 2. The highest BCUT2D eigenvalue weighted by atomic mass is 32.2. The van der Waals surface area contributed by atoms with Gasteiger partial charge in [-0.2, -0.15) is 0 Å². The van der Waals surface area contributed by atoms with Gasteiger partial charge in [0.25, 0.3) is 0 Å². The first kappa shape index (κ1) is 18.8. The van der Waals surface area contributed by atoms with Crippen molar-refractivity contribution >= 4 is 39.9 Å². The molecule has 2 aromatic carbocycles. The van der Waals surface area contributed by atoms with Gasteiger partial charge in [0.2, 0.25) is 5.91 Å². The third kappa shape index (κ3) is 4.46. The Balaban J connectivity index is 1.25. The van der Waals surface area contributed by atoms with Crippen molar-refractivity contribution in [2.75, 3.05) is 12.3 Å². The van der Waals surface area contributed by atoms with E-state index < -0.39 is 0 Å². The standard InChI is InChI=1S/C22H21N3OS2/c1-15-6-8-16(9-7-15)20-13-27-22(25-20)28-14-21(26)23-11-10-17-12-24-19-5-3-2-4-18(17)19/h2-9,12-13,24H,10-11,14H2,1H3,(H,23,26). The highest BCUT2D eigenvalue weighted by Gasteiger charge is 2.09. The Kier molecular flexibility index (Phi) is 5.78. The monoisotopic (exact) mass is 407 g/mol. The molecule has 0 atom stereocenters. The van der Waals surface area contributed by atoms with E-state index in [1.54, 1.807) is 11.3 Å². The number of nitrogens with zero attached hydrogens (tertiary/aromatic N) is 1. The predicted octanol–water partition coefficient (Wildman–Crippen LogP) is 5.05. The van der Waals surface area contributed by atoms with Gasteiger partial charge >= 0.3 is 0 Å². The first-order valence-electron chi connectivity index (χ1n) is 9.16. The highest BCUT2D eigenvalue weighted by Crippen LogP contribution is 2.28. The van der Waals surface area contributed by atoms with E-state index in [0.717, 1.165) is 27.5 Å². The summed E-state index contributed by atoms with van der Waals surface area (Å²) in [6.07, 6.45) is 2.84. The summed E-state index contributed by atoms with van der Waals surface area (Å²) in [7, 11) is 0. The van der Waals surface area contributed by atoms with Crippen LogP contribution in [0.1, 0.15) is 11.1 Å². The number of fused-ring (bicyclic) bond motifs is 1. The molecule has 4 rings (SSSR count). The molecule has 0 aliphatic heterocycles. The molecule has 0 saturated heterocycles. The molecule has 4 aromatic rings. The summed E-state index contributed by atoms with van der Waals surface area (Å²) < 4.78 is 0.919. The van der Waals surface area contributed by atoms with Crippen LogP contribution >= 0.6 is 23.1 Å². The molecule has 0 aliphatic rings. The van der Waals surface area contributed by atoms with Crippen LogP contribution in [-0.2, 0) is 11.2 Å². The lowest BCUT2D eigenvalue weighted by atomic mass is 10.1. The fourth-order valence-corrected chi connectivity index (χ4v) is 4.70. The number of aryl methyl sites for hydroxylation is 1. The van der Waals surface area contributed by atoms with Gasteiger partial charge in [-0.05, 0) is 25.0 Å². The number of thiazole rings is 1. The minimum absolute atomic E-state index is 0.0388. The fourth-order valence-electron chi connectivity index (χ4n) is 3.03. The number of aromatic amines is 1. The Morgan fingerprint density at radius 2 is 2.00 bits per heavy atom. The number of hydrogen-bond acceptors (Lipinski definition) is 4. The Labute approximate surface area is 172 Å². The summed E-state index contributed by atoms with van der Waals surface area (Å²) in [5.41, 5.74) is 5.67. The van der Waals surface area contributed by atoms with Crippen LogP contribution in [-0.4, -0.2) is 28.2 Å². The van der Waals surface area contributed by atoms with Gasteiger partial charge in [-0.15, -0.1) is 11.3 Å². The summed E-state index contributed by atoms with van der Waals surface area (Å²) in [4.78, 5) is 20.1. The Morgan fingerprint density at radius 1 is 1.18 bits per heavy atom. The molecule has 0 aliphatic carbocycles. The lowest BCUT2D eigenvalue weighted by Crippen LogP contribution is -2.27. The molecular formula is C22H21N3OS2. The molecule has 0 spiro atoms. The van der Waals surface area contributed by atoms with E-state index in [0.29, 0.717) is 12.3 Å². The number of hydrogen-bond donors (Lipinski definition) is 2. The zero-order valence-corrected chi connectivity index (χ0v) is 17.2.